The highest BCUT2D eigenvalue weighted by Gasteiger charge is 2.17. The molecule has 2 N–H and O–H groups in total. The second-order valence-electron chi connectivity index (χ2n) is 4.05. The number of ether oxygens (including phenoxy) is 2. The van der Waals surface area contributed by atoms with Crippen LogP contribution in [-0.2, 0) is 0 Å². The zero-order valence-corrected chi connectivity index (χ0v) is 11.6. The summed E-state index contributed by atoms with van der Waals surface area (Å²) in [5.74, 6) is 1.70. The molecule has 0 bridgehead atoms. The standard InChI is InChI=1S/C14H17NO2S/c1-9-8-10(16-2)4-5-11(9)13(15)14-12(17-3)6-7-18-14/h4-8,13H,15H2,1-3H3. The van der Waals surface area contributed by atoms with E-state index in [0.29, 0.717) is 0 Å². The summed E-state index contributed by atoms with van der Waals surface area (Å²) in [6, 6.07) is 7.72. The minimum absolute atomic E-state index is 0.161. The highest BCUT2D eigenvalue weighted by Crippen LogP contribution is 2.35. The lowest BCUT2D eigenvalue weighted by Crippen LogP contribution is -2.12. The number of aryl methyl sites for hydroxylation is 1. The van der Waals surface area contributed by atoms with Crippen LogP contribution in [0.1, 0.15) is 22.0 Å². The maximum absolute atomic E-state index is 6.32. The van der Waals surface area contributed by atoms with Crippen molar-refractivity contribution in [3.8, 4) is 11.5 Å². The summed E-state index contributed by atoms with van der Waals surface area (Å²) in [7, 11) is 3.33. The molecule has 2 aromatic rings. The third-order valence-corrected chi connectivity index (χ3v) is 3.95. The summed E-state index contributed by atoms with van der Waals surface area (Å²) in [6.07, 6.45) is 0. The Bertz CT molecular complexity index is 536. The molecule has 0 aliphatic rings. The van der Waals surface area contributed by atoms with Crippen LogP contribution in [0.15, 0.2) is 29.6 Å². The molecule has 0 saturated carbocycles. The first-order chi connectivity index (χ1) is 8.67. The molecule has 2 rings (SSSR count). The van der Waals surface area contributed by atoms with Crippen LogP contribution in [-0.4, -0.2) is 14.2 Å². The molecule has 0 spiro atoms. The van der Waals surface area contributed by atoms with E-state index in [1.807, 2.05) is 36.6 Å². The second kappa shape index (κ2) is 5.42. The first-order valence-electron chi connectivity index (χ1n) is 5.69. The average Bonchev–Trinajstić information content (AvgIpc) is 2.86. The van der Waals surface area contributed by atoms with Gasteiger partial charge in [-0.3, -0.25) is 0 Å². The third-order valence-electron chi connectivity index (χ3n) is 2.97. The van der Waals surface area contributed by atoms with E-state index in [9.17, 15) is 0 Å². The Balaban J connectivity index is 2.37. The molecule has 1 heterocycles. The van der Waals surface area contributed by atoms with Crippen LogP contribution >= 0.6 is 11.3 Å². The average molecular weight is 263 g/mol. The van der Waals surface area contributed by atoms with Crippen molar-refractivity contribution >= 4 is 11.3 Å². The van der Waals surface area contributed by atoms with Gasteiger partial charge < -0.3 is 15.2 Å². The molecule has 0 saturated heterocycles. The SMILES string of the molecule is COc1ccc(C(N)c2sccc2OC)c(C)c1. The van der Waals surface area contributed by atoms with Crippen LogP contribution in [0.5, 0.6) is 11.5 Å². The number of rotatable bonds is 4. The molecule has 1 atom stereocenters. The zero-order valence-electron chi connectivity index (χ0n) is 10.8. The topological polar surface area (TPSA) is 44.5 Å². The Kier molecular flexibility index (Phi) is 3.89. The van der Waals surface area contributed by atoms with Gasteiger partial charge in [0.15, 0.2) is 0 Å². The number of methoxy groups -OCH3 is 2. The van der Waals surface area contributed by atoms with Crippen molar-refractivity contribution in [1.29, 1.82) is 0 Å². The summed E-state index contributed by atoms with van der Waals surface area (Å²) in [5.41, 5.74) is 8.54. The van der Waals surface area contributed by atoms with Crippen molar-refractivity contribution in [1.82, 2.24) is 0 Å². The number of hydrogen-bond donors (Lipinski definition) is 1. The summed E-state index contributed by atoms with van der Waals surface area (Å²) >= 11 is 1.61. The van der Waals surface area contributed by atoms with E-state index in [1.165, 1.54) is 0 Å². The molecule has 4 heteroatoms. The monoisotopic (exact) mass is 263 g/mol. The Labute approximate surface area is 111 Å². The fraction of sp³-hybridized carbons (Fsp3) is 0.286. The van der Waals surface area contributed by atoms with E-state index in [-0.39, 0.29) is 6.04 Å². The van der Waals surface area contributed by atoms with Gasteiger partial charge in [0, 0.05) is 0 Å². The number of nitrogens with two attached hydrogens (primary N) is 1. The van der Waals surface area contributed by atoms with E-state index >= 15 is 0 Å². The van der Waals surface area contributed by atoms with Gasteiger partial charge in [-0.25, -0.2) is 0 Å². The lowest BCUT2D eigenvalue weighted by Gasteiger charge is -2.15. The Morgan fingerprint density at radius 2 is 1.94 bits per heavy atom. The Hall–Kier alpha value is -1.52. The Morgan fingerprint density at radius 3 is 2.56 bits per heavy atom. The van der Waals surface area contributed by atoms with Crippen LogP contribution in [0.2, 0.25) is 0 Å². The predicted molar refractivity (Wildman–Crippen MR) is 74.6 cm³/mol. The molecule has 0 amide bonds. The van der Waals surface area contributed by atoms with Crippen molar-refractivity contribution < 1.29 is 9.47 Å². The summed E-state index contributed by atoms with van der Waals surface area (Å²) in [4.78, 5) is 1.05. The van der Waals surface area contributed by atoms with E-state index < -0.39 is 0 Å². The summed E-state index contributed by atoms with van der Waals surface area (Å²) in [5, 5.41) is 1.99. The van der Waals surface area contributed by atoms with Crippen molar-refractivity contribution in [2.24, 2.45) is 5.73 Å². The molecule has 0 radical (unpaired) electrons. The van der Waals surface area contributed by atoms with Gasteiger partial charge in [0.2, 0.25) is 0 Å². The maximum Gasteiger partial charge on any atom is 0.134 e. The van der Waals surface area contributed by atoms with Gasteiger partial charge in [-0.05, 0) is 41.6 Å². The zero-order chi connectivity index (χ0) is 13.1. The van der Waals surface area contributed by atoms with Gasteiger partial charge in [0.25, 0.3) is 0 Å². The fourth-order valence-electron chi connectivity index (χ4n) is 1.97. The largest absolute Gasteiger partial charge is 0.497 e. The molecule has 0 fully saturated rings. The quantitative estimate of drug-likeness (QED) is 0.921. The molecular formula is C14H17NO2S. The highest BCUT2D eigenvalue weighted by molar-refractivity contribution is 7.10. The van der Waals surface area contributed by atoms with E-state index in [1.54, 1.807) is 25.6 Å². The molecule has 18 heavy (non-hydrogen) atoms. The van der Waals surface area contributed by atoms with E-state index in [4.69, 9.17) is 15.2 Å². The maximum atomic E-state index is 6.32. The van der Waals surface area contributed by atoms with Crippen LogP contribution in [0.3, 0.4) is 0 Å². The smallest absolute Gasteiger partial charge is 0.134 e. The lowest BCUT2D eigenvalue weighted by molar-refractivity contribution is 0.410. The molecule has 1 aromatic carbocycles. The summed E-state index contributed by atoms with van der Waals surface area (Å²) in [6.45, 7) is 2.04. The van der Waals surface area contributed by atoms with E-state index in [2.05, 4.69) is 0 Å². The second-order valence-corrected chi connectivity index (χ2v) is 5.00. The molecule has 1 unspecified atom stereocenters. The van der Waals surface area contributed by atoms with Gasteiger partial charge in [0.1, 0.15) is 11.5 Å². The molecule has 3 nitrogen and oxygen atoms in total. The summed E-state index contributed by atoms with van der Waals surface area (Å²) < 4.78 is 10.5. The first kappa shape index (κ1) is 12.9. The normalized spacial score (nSPS) is 12.2. The minimum atomic E-state index is -0.161. The fourth-order valence-corrected chi connectivity index (χ4v) is 2.85. The molecule has 1 aromatic heterocycles. The van der Waals surface area contributed by atoms with Crippen LogP contribution in [0, 0.1) is 6.92 Å². The van der Waals surface area contributed by atoms with Crippen LogP contribution in [0.4, 0.5) is 0 Å². The van der Waals surface area contributed by atoms with Crippen molar-refractivity contribution in [3.63, 3.8) is 0 Å². The van der Waals surface area contributed by atoms with Gasteiger partial charge >= 0.3 is 0 Å². The van der Waals surface area contributed by atoms with Gasteiger partial charge in [0.05, 0.1) is 25.1 Å². The number of thiophene rings is 1. The lowest BCUT2D eigenvalue weighted by atomic mass is 10.00. The van der Waals surface area contributed by atoms with Crippen molar-refractivity contribution in [2.45, 2.75) is 13.0 Å². The first-order valence-corrected chi connectivity index (χ1v) is 6.56. The molecule has 0 aliphatic heterocycles. The molecular weight excluding hydrogens is 246 g/mol. The molecule has 0 aliphatic carbocycles. The van der Waals surface area contributed by atoms with E-state index in [0.717, 1.165) is 27.5 Å². The van der Waals surface area contributed by atoms with Gasteiger partial charge in [-0.2, -0.15) is 0 Å². The predicted octanol–water partition coefficient (Wildman–Crippen LogP) is 3.12. The number of hydrogen-bond acceptors (Lipinski definition) is 4. The molecule has 96 valence electrons. The number of benzene rings is 1. The minimum Gasteiger partial charge on any atom is -0.497 e. The Morgan fingerprint density at radius 1 is 1.17 bits per heavy atom. The van der Waals surface area contributed by atoms with Crippen LogP contribution in [0.25, 0.3) is 0 Å². The van der Waals surface area contributed by atoms with Crippen molar-refractivity contribution in [2.75, 3.05) is 14.2 Å². The third kappa shape index (κ3) is 2.35. The van der Waals surface area contributed by atoms with Crippen molar-refractivity contribution in [3.05, 3.63) is 45.6 Å². The highest BCUT2D eigenvalue weighted by atomic mass is 32.1. The van der Waals surface area contributed by atoms with Gasteiger partial charge in [-0.15, -0.1) is 11.3 Å². The van der Waals surface area contributed by atoms with Crippen LogP contribution < -0.4 is 15.2 Å². The van der Waals surface area contributed by atoms with Gasteiger partial charge in [-0.1, -0.05) is 6.07 Å².